The summed E-state index contributed by atoms with van der Waals surface area (Å²) in [5, 5.41) is 2.53. The highest BCUT2D eigenvalue weighted by molar-refractivity contribution is 6.27. The van der Waals surface area contributed by atoms with Crippen LogP contribution in [0, 0.1) is 11.8 Å². The predicted molar refractivity (Wildman–Crippen MR) is 69.6 cm³/mol. The first-order valence-corrected chi connectivity index (χ1v) is 6.14. The van der Waals surface area contributed by atoms with Crippen LogP contribution in [0.3, 0.4) is 0 Å². The maximum atomic E-state index is 10.8. The molecule has 0 saturated heterocycles. The first-order chi connectivity index (χ1) is 9.29. The van der Waals surface area contributed by atoms with Gasteiger partial charge < -0.3 is 19.5 Å². The molecule has 19 heavy (non-hydrogen) atoms. The van der Waals surface area contributed by atoms with Crippen LogP contribution in [0.5, 0.6) is 17.2 Å². The molecule has 1 aromatic rings. The number of rotatable bonds is 4. The van der Waals surface area contributed by atoms with E-state index in [0.29, 0.717) is 17.2 Å². The Bertz CT molecular complexity index is 521. The second kappa shape index (κ2) is 6.76. The van der Waals surface area contributed by atoms with Gasteiger partial charge in [0.15, 0.2) is 11.5 Å². The molecular weight excluding hydrogens is 270 g/mol. The molecule has 0 unspecified atom stereocenters. The van der Waals surface area contributed by atoms with E-state index in [1.165, 1.54) is 0 Å². The maximum absolute atomic E-state index is 10.8. The average molecular weight is 282 g/mol. The van der Waals surface area contributed by atoms with Gasteiger partial charge in [0.1, 0.15) is 18.2 Å². The fraction of sp³-hybridized carbons (Fsp3) is 0.308. The number of halogens is 1. The molecule has 100 valence electrons. The van der Waals surface area contributed by atoms with E-state index in [-0.39, 0.29) is 31.7 Å². The van der Waals surface area contributed by atoms with Crippen molar-refractivity contribution in [2.45, 2.75) is 0 Å². The Morgan fingerprint density at radius 1 is 1.37 bits per heavy atom. The van der Waals surface area contributed by atoms with Crippen LogP contribution >= 0.6 is 11.6 Å². The molecule has 1 aromatic carbocycles. The minimum atomic E-state index is -0.243. The second-order valence-electron chi connectivity index (χ2n) is 3.57. The number of alkyl halides is 1. The van der Waals surface area contributed by atoms with Crippen LogP contribution in [0.4, 0.5) is 0 Å². The zero-order chi connectivity index (χ0) is 13.5. The maximum Gasteiger partial charge on any atom is 0.235 e. The summed E-state index contributed by atoms with van der Waals surface area (Å²) in [4.78, 5) is 10.8. The molecule has 1 aliphatic rings. The lowest BCUT2D eigenvalue weighted by Gasteiger charge is -2.02. The fourth-order valence-corrected chi connectivity index (χ4v) is 1.48. The number of nitrogens with one attached hydrogen (secondary N) is 1. The molecule has 6 heteroatoms. The summed E-state index contributed by atoms with van der Waals surface area (Å²) in [6.45, 7) is 0.727. The number of benzene rings is 1. The number of amides is 1. The first-order valence-electron chi connectivity index (χ1n) is 5.60. The van der Waals surface area contributed by atoms with Crippen molar-refractivity contribution in [1.29, 1.82) is 0 Å². The number of fused-ring (bicyclic) bond motifs is 1. The lowest BCUT2D eigenvalue weighted by Crippen LogP contribution is -2.24. The third-order valence-electron chi connectivity index (χ3n) is 2.28. The Morgan fingerprint density at radius 2 is 2.21 bits per heavy atom. The highest BCUT2D eigenvalue weighted by atomic mass is 35.5. The fourth-order valence-electron chi connectivity index (χ4n) is 1.39. The monoisotopic (exact) mass is 281 g/mol. The van der Waals surface area contributed by atoms with Gasteiger partial charge in [-0.3, -0.25) is 4.79 Å². The second-order valence-corrected chi connectivity index (χ2v) is 3.83. The number of carbonyl (C=O) groups is 1. The van der Waals surface area contributed by atoms with E-state index in [2.05, 4.69) is 17.2 Å². The van der Waals surface area contributed by atoms with Gasteiger partial charge in [-0.15, -0.1) is 11.6 Å². The molecule has 0 radical (unpaired) electrons. The summed E-state index contributed by atoms with van der Waals surface area (Å²) in [6.07, 6.45) is 0. The average Bonchev–Trinajstić information content (AvgIpc) is 2.89. The van der Waals surface area contributed by atoms with Gasteiger partial charge in [0, 0.05) is 6.07 Å². The van der Waals surface area contributed by atoms with Crippen molar-refractivity contribution in [2.24, 2.45) is 0 Å². The van der Waals surface area contributed by atoms with Gasteiger partial charge >= 0.3 is 0 Å². The lowest BCUT2D eigenvalue weighted by atomic mass is 10.3. The molecule has 1 aliphatic heterocycles. The Hall–Kier alpha value is -2.06. The van der Waals surface area contributed by atoms with Crippen LogP contribution in [-0.2, 0) is 4.79 Å². The van der Waals surface area contributed by atoms with Gasteiger partial charge in [-0.25, -0.2) is 0 Å². The molecule has 1 amide bonds. The summed E-state index contributed by atoms with van der Waals surface area (Å²) >= 11 is 5.31. The largest absolute Gasteiger partial charge is 0.481 e. The van der Waals surface area contributed by atoms with E-state index >= 15 is 0 Å². The molecule has 0 aromatic heterocycles. The third kappa shape index (κ3) is 3.97. The molecular formula is C13H12ClNO4. The number of carbonyl (C=O) groups excluding carboxylic acids is 1. The molecule has 0 bridgehead atoms. The number of hydrogen-bond acceptors (Lipinski definition) is 4. The Labute approximate surface area is 115 Å². The van der Waals surface area contributed by atoms with Crippen LogP contribution < -0.4 is 19.5 Å². The molecule has 5 nitrogen and oxygen atoms in total. The molecule has 0 aliphatic carbocycles. The Kier molecular flexibility index (Phi) is 4.76. The van der Waals surface area contributed by atoms with Gasteiger partial charge in [0.05, 0.1) is 6.54 Å². The van der Waals surface area contributed by atoms with Crippen molar-refractivity contribution in [1.82, 2.24) is 5.32 Å². The molecule has 0 atom stereocenters. The first kappa shape index (κ1) is 13.4. The molecule has 1 heterocycles. The van der Waals surface area contributed by atoms with Crippen molar-refractivity contribution in [2.75, 3.05) is 25.8 Å². The number of hydrogen-bond donors (Lipinski definition) is 1. The minimum absolute atomic E-state index is 0.0601. The highest BCUT2D eigenvalue weighted by Crippen LogP contribution is 2.34. The normalized spacial score (nSPS) is 11.4. The zero-order valence-electron chi connectivity index (χ0n) is 10.1. The minimum Gasteiger partial charge on any atom is -0.481 e. The molecule has 0 spiro atoms. The van der Waals surface area contributed by atoms with E-state index in [9.17, 15) is 4.79 Å². The van der Waals surface area contributed by atoms with E-state index < -0.39 is 0 Å². The van der Waals surface area contributed by atoms with Crippen LogP contribution in [-0.4, -0.2) is 31.7 Å². The molecule has 0 fully saturated rings. The Balaban J connectivity index is 1.74. The van der Waals surface area contributed by atoms with Gasteiger partial charge in [-0.2, -0.15) is 0 Å². The topological polar surface area (TPSA) is 56.8 Å². The van der Waals surface area contributed by atoms with Gasteiger partial charge in [-0.05, 0) is 12.1 Å². The van der Waals surface area contributed by atoms with Crippen molar-refractivity contribution < 1.29 is 19.0 Å². The highest BCUT2D eigenvalue weighted by Gasteiger charge is 2.13. The standard InChI is InChI=1S/C13H12ClNO4/c14-8-13(16)15-5-1-2-6-17-10-3-4-11-12(7-10)19-9-18-11/h3-4,7H,5-6,8-9H2,(H,15,16). The van der Waals surface area contributed by atoms with Crippen LogP contribution in [0.1, 0.15) is 0 Å². The molecule has 2 rings (SSSR count). The SMILES string of the molecule is O=C(CCl)NCC#CCOc1ccc2c(c1)OCO2. The lowest BCUT2D eigenvalue weighted by molar-refractivity contribution is -0.118. The van der Waals surface area contributed by atoms with Crippen molar-refractivity contribution in [3.63, 3.8) is 0 Å². The summed E-state index contributed by atoms with van der Waals surface area (Å²) in [5.74, 6) is 7.26. The van der Waals surface area contributed by atoms with E-state index in [4.69, 9.17) is 25.8 Å². The van der Waals surface area contributed by atoms with Gasteiger partial charge in [0.25, 0.3) is 0 Å². The molecule has 1 N–H and O–H groups in total. The van der Waals surface area contributed by atoms with E-state index in [1.807, 2.05) is 0 Å². The quantitative estimate of drug-likeness (QED) is 0.664. The van der Waals surface area contributed by atoms with Crippen molar-refractivity contribution in [3.8, 4) is 29.1 Å². The van der Waals surface area contributed by atoms with E-state index in [1.54, 1.807) is 18.2 Å². The molecule has 0 saturated carbocycles. The Morgan fingerprint density at radius 3 is 3.05 bits per heavy atom. The number of ether oxygens (including phenoxy) is 3. The van der Waals surface area contributed by atoms with Crippen molar-refractivity contribution in [3.05, 3.63) is 18.2 Å². The predicted octanol–water partition coefficient (Wildman–Crippen LogP) is 1.15. The van der Waals surface area contributed by atoms with E-state index in [0.717, 1.165) is 0 Å². The van der Waals surface area contributed by atoms with Crippen molar-refractivity contribution >= 4 is 17.5 Å². The summed E-state index contributed by atoms with van der Waals surface area (Å²) in [5.41, 5.74) is 0. The summed E-state index contributed by atoms with van der Waals surface area (Å²) in [6, 6.07) is 5.32. The van der Waals surface area contributed by atoms with Gasteiger partial charge in [-0.1, -0.05) is 11.8 Å². The van der Waals surface area contributed by atoms with Gasteiger partial charge in [0.2, 0.25) is 12.7 Å². The van der Waals surface area contributed by atoms with Crippen LogP contribution in [0.25, 0.3) is 0 Å². The summed E-state index contributed by atoms with van der Waals surface area (Å²) < 4.78 is 15.8. The summed E-state index contributed by atoms with van der Waals surface area (Å²) in [7, 11) is 0. The third-order valence-corrected chi connectivity index (χ3v) is 2.52. The van der Waals surface area contributed by atoms with Crippen LogP contribution in [0.2, 0.25) is 0 Å². The zero-order valence-corrected chi connectivity index (χ0v) is 10.8. The van der Waals surface area contributed by atoms with Crippen LogP contribution in [0.15, 0.2) is 18.2 Å². The smallest absolute Gasteiger partial charge is 0.235 e.